The number of hydrogen-bond acceptors (Lipinski definition) is 4. The first-order valence-electron chi connectivity index (χ1n) is 10.8. The molecule has 0 unspecified atom stereocenters. The second-order valence-electron chi connectivity index (χ2n) is 9.34. The average Bonchev–Trinajstić information content (AvgIpc) is 3.52. The summed E-state index contributed by atoms with van der Waals surface area (Å²) in [5, 5.41) is 24.7. The summed E-state index contributed by atoms with van der Waals surface area (Å²) in [5.41, 5.74) is 1.29. The van der Waals surface area contributed by atoms with Crippen LogP contribution in [0.4, 0.5) is 4.79 Å². The molecule has 6 nitrogen and oxygen atoms in total. The molecule has 3 N–H and O–H groups in total. The number of methoxy groups -OCH3 is 1. The van der Waals surface area contributed by atoms with Crippen molar-refractivity contribution in [1.82, 2.24) is 10.2 Å². The van der Waals surface area contributed by atoms with Crippen LogP contribution in [-0.2, 0) is 12.0 Å². The van der Waals surface area contributed by atoms with Crippen molar-refractivity contribution in [2.45, 2.75) is 63.3 Å². The smallest absolute Gasteiger partial charge is 0.408 e. The van der Waals surface area contributed by atoms with Crippen molar-refractivity contribution in [2.75, 3.05) is 13.7 Å². The Balaban J connectivity index is 1.79. The molecule has 1 aliphatic carbocycles. The monoisotopic (exact) mass is 426 g/mol. The van der Waals surface area contributed by atoms with Crippen LogP contribution in [-0.4, -0.2) is 52.5 Å². The number of carboxylic acid groups (broad SMARTS) is 1. The minimum atomic E-state index is -1.03. The number of aliphatic hydroxyl groups excluding tert-OH is 1. The van der Waals surface area contributed by atoms with Crippen LogP contribution in [0.1, 0.15) is 44.7 Å². The molecule has 0 heterocycles. The lowest BCUT2D eigenvalue weighted by Crippen LogP contribution is -2.58. The third-order valence-electron chi connectivity index (χ3n) is 6.01. The van der Waals surface area contributed by atoms with Gasteiger partial charge in [0.15, 0.2) is 0 Å². The largest absolute Gasteiger partial charge is 0.497 e. The van der Waals surface area contributed by atoms with Crippen molar-refractivity contribution in [3.63, 3.8) is 0 Å². The maximum absolute atomic E-state index is 12.2. The van der Waals surface area contributed by atoms with Gasteiger partial charge in [0.05, 0.1) is 19.3 Å². The van der Waals surface area contributed by atoms with Crippen LogP contribution < -0.4 is 10.1 Å². The lowest BCUT2D eigenvalue weighted by molar-refractivity contribution is 0.00648. The summed E-state index contributed by atoms with van der Waals surface area (Å²) in [7, 11) is 1.65. The van der Waals surface area contributed by atoms with Crippen molar-refractivity contribution in [1.29, 1.82) is 0 Å². The number of nitrogens with one attached hydrogen (secondary N) is 1. The van der Waals surface area contributed by atoms with E-state index in [-0.39, 0.29) is 5.54 Å². The van der Waals surface area contributed by atoms with Gasteiger partial charge in [0, 0.05) is 17.6 Å². The molecule has 2 atom stereocenters. The van der Waals surface area contributed by atoms with E-state index < -0.39 is 23.8 Å². The Bertz CT molecular complexity index is 875. The number of ether oxygens (including phenoxy) is 1. The Morgan fingerprint density at radius 2 is 1.84 bits per heavy atom. The second kappa shape index (κ2) is 9.28. The SMILES string of the molecule is COc1cccc(C2(NC[C@H](O)[C@H](Cc3ccccc3)N(C(=O)O)C(C)(C)C)CC2)c1. The molecule has 0 saturated heterocycles. The molecule has 0 radical (unpaired) electrons. The zero-order valence-corrected chi connectivity index (χ0v) is 18.8. The van der Waals surface area contributed by atoms with Gasteiger partial charge in [-0.25, -0.2) is 4.79 Å². The van der Waals surface area contributed by atoms with Crippen LogP contribution in [0.2, 0.25) is 0 Å². The van der Waals surface area contributed by atoms with Gasteiger partial charge in [-0.15, -0.1) is 0 Å². The summed E-state index contributed by atoms with van der Waals surface area (Å²) in [6.45, 7) is 5.88. The second-order valence-corrected chi connectivity index (χ2v) is 9.34. The Hall–Kier alpha value is -2.57. The fraction of sp³-hybridized carbons (Fsp3) is 0.480. The van der Waals surface area contributed by atoms with E-state index >= 15 is 0 Å². The lowest BCUT2D eigenvalue weighted by atomic mass is 9.94. The Morgan fingerprint density at radius 3 is 2.39 bits per heavy atom. The summed E-state index contributed by atoms with van der Waals surface area (Å²) in [4.78, 5) is 13.6. The number of carbonyl (C=O) groups is 1. The molecule has 168 valence electrons. The van der Waals surface area contributed by atoms with Gasteiger partial charge in [0.25, 0.3) is 0 Å². The molecular weight excluding hydrogens is 392 g/mol. The third-order valence-corrected chi connectivity index (χ3v) is 6.01. The molecule has 1 amide bonds. The fourth-order valence-electron chi connectivity index (χ4n) is 4.23. The zero-order chi connectivity index (χ0) is 22.6. The van der Waals surface area contributed by atoms with Gasteiger partial charge < -0.3 is 20.3 Å². The number of amides is 1. The molecule has 3 rings (SSSR count). The summed E-state index contributed by atoms with van der Waals surface area (Å²) in [6, 6.07) is 17.1. The van der Waals surface area contributed by atoms with E-state index in [1.165, 1.54) is 4.90 Å². The van der Waals surface area contributed by atoms with E-state index in [0.717, 1.165) is 29.7 Å². The van der Waals surface area contributed by atoms with Crippen LogP contribution in [0.3, 0.4) is 0 Å². The highest BCUT2D eigenvalue weighted by Crippen LogP contribution is 2.46. The molecule has 6 heteroatoms. The predicted molar refractivity (Wildman–Crippen MR) is 121 cm³/mol. The van der Waals surface area contributed by atoms with Crippen molar-refractivity contribution in [2.24, 2.45) is 0 Å². The number of hydrogen-bond donors (Lipinski definition) is 3. The van der Waals surface area contributed by atoms with Gasteiger partial charge in [0.1, 0.15) is 5.75 Å². The van der Waals surface area contributed by atoms with E-state index in [4.69, 9.17) is 4.74 Å². The molecular formula is C25H34N2O4. The molecule has 1 aliphatic rings. The van der Waals surface area contributed by atoms with Crippen LogP contribution in [0, 0.1) is 0 Å². The standard InChI is InChI=1S/C25H34N2O4/c1-24(2,3)27(23(29)30)21(15-18-9-6-5-7-10-18)22(28)17-26-25(13-14-25)19-11-8-12-20(16-19)31-4/h5-12,16,21-22,26,28H,13-15,17H2,1-4H3,(H,29,30)/t21-,22-/m0/s1. The summed E-state index contributed by atoms with van der Waals surface area (Å²) in [5.74, 6) is 0.804. The minimum absolute atomic E-state index is 0.192. The lowest BCUT2D eigenvalue weighted by Gasteiger charge is -2.42. The zero-order valence-electron chi connectivity index (χ0n) is 18.8. The van der Waals surface area contributed by atoms with Crippen molar-refractivity contribution in [3.8, 4) is 5.75 Å². The molecule has 2 aromatic rings. The Labute approximate surface area is 184 Å². The number of aliphatic hydroxyl groups is 1. The maximum Gasteiger partial charge on any atom is 0.408 e. The minimum Gasteiger partial charge on any atom is -0.497 e. The first-order valence-corrected chi connectivity index (χ1v) is 10.8. The topological polar surface area (TPSA) is 82.0 Å². The summed E-state index contributed by atoms with van der Waals surface area (Å²) < 4.78 is 5.35. The molecule has 0 aromatic heterocycles. The van der Waals surface area contributed by atoms with Crippen LogP contribution in [0.25, 0.3) is 0 Å². The fourth-order valence-corrected chi connectivity index (χ4v) is 4.23. The Morgan fingerprint density at radius 1 is 1.16 bits per heavy atom. The maximum atomic E-state index is 12.2. The highest BCUT2D eigenvalue weighted by Gasteiger charge is 2.45. The van der Waals surface area contributed by atoms with E-state index in [1.807, 2.05) is 69.3 Å². The van der Waals surface area contributed by atoms with E-state index in [1.54, 1.807) is 7.11 Å². The molecule has 31 heavy (non-hydrogen) atoms. The summed E-state index contributed by atoms with van der Waals surface area (Å²) >= 11 is 0. The average molecular weight is 427 g/mol. The van der Waals surface area contributed by atoms with Gasteiger partial charge in [-0.05, 0) is 63.3 Å². The first-order chi connectivity index (χ1) is 14.7. The van der Waals surface area contributed by atoms with E-state index in [2.05, 4.69) is 11.4 Å². The van der Waals surface area contributed by atoms with Crippen molar-refractivity contribution >= 4 is 6.09 Å². The van der Waals surface area contributed by atoms with Gasteiger partial charge in [-0.1, -0.05) is 42.5 Å². The number of rotatable bonds is 9. The van der Waals surface area contributed by atoms with E-state index in [0.29, 0.717) is 13.0 Å². The van der Waals surface area contributed by atoms with Crippen molar-refractivity contribution in [3.05, 3.63) is 65.7 Å². The molecule has 1 saturated carbocycles. The quantitative estimate of drug-likeness (QED) is 0.564. The molecule has 2 aromatic carbocycles. The molecule has 0 spiro atoms. The number of nitrogens with zero attached hydrogens (tertiary/aromatic N) is 1. The van der Waals surface area contributed by atoms with Crippen LogP contribution in [0.15, 0.2) is 54.6 Å². The van der Waals surface area contributed by atoms with Crippen molar-refractivity contribution < 1.29 is 19.7 Å². The van der Waals surface area contributed by atoms with Gasteiger partial charge in [-0.2, -0.15) is 0 Å². The third kappa shape index (κ3) is 5.57. The van der Waals surface area contributed by atoms with Gasteiger partial charge >= 0.3 is 6.09 Å². The van der Waals surface area contributed by atoms with Crippen LogP contribution >= 0.6 is 0 Å². The molecule has 0 bridgehead atoms. The number of benzene rings is 2. The predicted octanol–water partition coefficient (Wildman–Crippen LogP) is 4.02. The van der Waals surface area contributed by atoms with Crippen LogP contribution in [0.5, 0.6) is 5.75 Å². The van der Waals surface area contributed by atoms with Gasteiger partial charge in [0.2, 0.25) is 0 Å². The molecule has 0 aliphatic heterocycles. The van der Waals surface area contributed by atoms with Gasteiger partial charge in [-0.3, -0.25) is 4.90 Å². The summed E-state index contributed by atoms with van der Waals surface area (Å²) in [6.07, 6.45) is 0.496. The molecule has 1 fully saturated rings. The highest BCUT2D eigenvalue weighted by atomic mass is 16.5. The Kier molecular flexibility index (Phi) is 6.92. The first kappa shape index (κ1) is 23.1. The van der Waals surface area contributed by atoms with E-state index in [9.17, 15) is 15.0 Å². The normalized spacial score (nSPS) is 16.9. The highest BCUT2D eigenvalue weighted by molar-refractivity contribution is 5.66.